The molecule has 0 bridgehead atoms. The van der Waals surface area contributed by atoms with Crippen molar-refractivity contribution in [3.63, 3.8) is 0 Å². The van der Waals surface area contributed by atoms with E-state index in [0.29, 0.717) is 24.5 Å². The van der Waals surface area contributed by atoms with Gasteiger partial charge in [-0.1, -0.05) is 42.5 Å². The van der Waals surface area contributed by atoms with Gasteiger partial charge < -0.3 is 10.1 Å². The molecule has 0 saturated carbocycles. The van der Waals surface area contributed by atoms with Gasteiger partial charge in [-0.2, -0.15) is 0 Å². The summed E-state index contributed by atoms with van der Waals surface area (Å²) in [5.74, 6) is 2.07. The number of hydrogen-bond acceptors (Lipinski definition) is 2. The van der Waals surface area contributed by atoms with Crippen molar-refractivity contribution in [1.82, 2.24) is 0 Å². The molecule has 3 atom stereocenters. The maximum absolute atomic E-state index is 5.92. The van der Waals surface area contributed by atoms with Crippen LogP contribution in [0.2, 0.25) is 0 Å². The molecule has 2 aromatic carbocycles. The molecule has 0 radical (unpaired) electrons. The van der Waals surface area contributed by atoms with E-state index in [9.17, 15) is 0 Å². The van der Waals surface area contributed by atoms with Gasteiger partial charge >= 0.3 is 0 Å². The van der Waals surface area contributed by atoms with Crippen LogP contribution in [0.3, 0.4) is 0 Å². The molecular weight excluding hydrogens is 294 g/mol. The van der Waals surface area contributed by atoms with E-state index < -0.39 is 0 Å². The Balaban J connectivity index is 1.83. The summed E-state index contributed by atoms with van der Waals surface area (Å²) >= 11 is 0. The van der Waals surface area contributed by atoms with Crippen LogP contribution in [0.1, 0.15) is 47.6 Å². The van der Waals surface area contributed by atoms with Crippen molar-refractivity contribution < 1.29 is 4.74 Å². The van der Waals surface area contributed by atoms with Gasteiger partial charge in [-0.25, -0.2) is 0 Å². The van der Waals surface area contributed by atoms with Crippen LogP contribution >= 0.6 is 0 Å². The second-order valence-electron chi connectivity index (χ2n) is 6.93. The molecule has 0 fully saturated rings. The highest BCUT2D eigenvalue weighted by atomic mass is 16.5. The highest BCUT2D eigenvalue weighted by Gasteiger charge is 2.40. The van der Waals surface area contributed by atoms with E-state index in [-0.39, 0.29) is 0 Å². The van der Waals surface area contributed by atoms with Crippen LogP contribution in [0.4, 0.5) is 5.69 Å². The van der Waals surface area contributed by atoms with Crippen molar-refractivity contribution in [2.45, 2.75) is 39.2 Å². The van der Waals surface area contributed by atoms with Crippen molar-refractivity contribution in [2.75, 3.05) is 11.9 Å². The van der Waals surface area contributed by atoms with Crippen molar-refractivity contribution in [1.29, 1.82) is 0 Å². The Morgan fingerprint density at radius 1 is 1.08 bits per heavy atom. The number of para-hydroxylation sites is 1. The predicted molar refractivity (Wildman–Crippen MR) is 99.9 cm³/mol. The van der Waals surface area contributed by atoms with E-state index in [4.69, 9.17) is 4.74 Å². The minimum atomic E-state index is 0.292. The lowest BCUT2D eigenvalue weighted by Gasteiger charge is -2.39. The topological polar surface area (TPSA) is 21.3 Å². The number of rotatable bonds is 3. The van der Waals surface area contributed by atoms with Gasteiger partial charge in [0.15, 0.2) is 0 Å². The van der Waals surface area contributed by atoms with Crippen LogP contribution in [-0.4, -0.2) is 6.61 Å². The third-order valence-electron chi connectivity index (χ3n) is 5.50. The molecule has 4 rings (SSSR count). The number of nitrogens with one attached hydrogen (secondary N) is 1. The third-order valence-corrected chi connectivity index (χ3v) is 5.50. The Bertz CT molecular complexity index is 793. The summed E-state index contributed by atoms with van der Waals surface area (Å²) < 4.78 is 5.92. The summed E-state index contributed by atoms with van der Waals surface area (Å²) in [6, 6.07) is 13.3. The Hall–Kier alpha value is -2.22. The first-order valence-electron chi connectivity index (χ1n) is 8.95. The SMILES string of the molecule is CCOc1ccccc1C1Nc2c(C)ccc(C)c2C2C=CCC21. The molecule has 124 valence electrons. The Morgan fingerprint density at radius 2 is 1.88 bits per heavy atom. The second-order valence-corrected chi connectivity index (χ2v) is 6.93. The molecule has 2 aliphatic rings. The molecule has 1 heterocycles. The molecule has 0 saturated heterocycles. The maximum Gasteiger partial charge on any atom is 0.124 e. The number of hydrogen-bond donors (Lipinski definition) is 1. The van der Waals surface area contributed by atoms with Crippen LogP contribution in [-0.2, 0) is 0 Å². The zero-order valence-electron chi connectivity index (χ0n) is 14.7. The fourth-order valence-corrected chi connectivity index (χ4v) is 4.37. The highest BCUT2D eigenvalue weighted by molar-refractivity contribution is 5.66. The summed E-state index contributed by atoms with van der Waals surface area (Å²) in [5.41, 5.74) is 6.80. The first-order chi connectivity index (χ1) is 11.7. The van der Waals surface area contributed by atoms with Crippen LogP contribution < -0.4 is 10.1 Å². The van der Waals surface area contributed by atoms with E-state index in [2.05, 4.69) is 67.7 Å². The van der Waals surface area contributed by atoms with E-state index in [1.807, 2.05) is 6.92 Å². The van der Waals surface area contributed by atoms with Gasteiger partial charge in [0.1, 0.15) is 5.75 Å². The number of benzene rings is 2. The van der Waals surface area contributed by atoms with Crippen molar-refractivity contribution >= 4 is 5.69 Å². The van der Waals surface area contributed by atoms with Crippen LogP contribution in [0.5, 0.6) is 5.75 Å². The predicted octanol–water partition coefficient (Wildman–Crippen LogP) is 5.53. The van der Waals surface area contributed by atoms with Gasteiger partial charge in [0.2, 0.25) is 0 Å². The molecular formula is C22H25NO. The quantitative estimate of drug-likeness (QED) is 0.751. The first kappa shape index (κ1) is 15.3. The molecule has 0 aromatic heterocycles. The first-order valence-corrected chi connectivity index (χ1v) is 8.95. The number of fused-ring (bicyclic) bond motifs is 3. The number of anilines is 1. The Labute approximate surface area is 144 Å². The third kappa shape index (κ3) is 2.32. The molecule has 1 aliphatic heterocycles. The van der Waals surface area contributed by atoms with Crippen molar-refractivity contribution in [3.05, 3.63) is 70.8 Å². The van der Waals surface area contributed by atoms with Gasteiger partial charge in [0.25, 0.3) is 0 Å². The zero-order valence-corrected chi connectivity index (χ0v) is 14.7. The summed E-state index contributed by atoms with van der Waals surface area (Å²) in [6.45, 7) is 7.19. The fourth-order valence-electron chi connectivity index (χ4n) is 4.37. The minimum absolute atomic E-state index is 0.292. The summed E-state index contributed by atoms with van der Waals surface area (Å²) in [7, 11) is 0. The molecule has 1 N–H and O–H groups in total. The lowest BCUT2D eigenvalue weighted by Crippen LogP contribution is -2.30. The molecule has 0 amide bonds. The summed E-state index contributed by atoms with van der Waals surface area (Å²) in [5, 5.41) is 3.87. The Morgan fingerprint density at radius 3 is 2.71 bits per heavy atom. The van der Waals surface area contributed by atoms with E-state index in [0.717, 1.165) is 12.2 Å². The van der Waals surface area contributed by atoms with Crippen molar-refractivity contribution in [3.8, 4) is 5.75 Å². The fraction of sp³-hybridized carbons (Fsp3) is 0.364. The lowest BCUT2D eigenvalue weighted by atomic mass is 9.75. The van der Waals surface area contributed by atoms with E-state index in [1.54, 1.807) is 0 Å². The van der Waals surface area contributed by atoms with E-state index in [1.165, 1.54) is 27.9 Å². The second kappa shape index (κ2) is 6.01. The lowest BCUT2D eigenvalue weighted by molar-refractivity contribution is 0.326. The van der Waals surface area contributed by atoms with Gasteiger partial charge in [0.05, 0.1) is 12.6 Å². The summed E-state index contributed by atoms with van der Waals surface area (Å²) in [6.07, 6.45) is 5.88. The molecule has 0 spiro atoms. The maximum atomic E-state index is 5.92. The molecule has 2 heteroatoms. The van der Waals surface area contributed by atoms with E-state index >= 15 is 0 Å². The molecule has 2 nitrogen and oxygen atoms in total. The molecule has 3 unspecified atom stereocenters. The monoisotopic (exact) mass is 319 g/mol. The van der Waals surface area contributed by atoms with Gasteiger partial charge in [-0.15, -0.1) is 0 Å². The largest absolute Gasteiger partial charge is 0.494 e. The highest BCUT2D eigenvalue weighted by Crippen LogP contribution is 2.52. The van der Waals surface area contributed by atoms with Crippen molar-refractivity contribution in [2.24, 2.45) is 5.92 Å². The number of ether oxygens (including phenoxy) is 1. The number of allylic oxidation sites excluding steroid dienone is 2. The molecule has 2 aromatic rings. The molecule has 1 aliphatic carbocycles. The van der Waals surface area contributed by atoms with Gasteiger partial charge in [0, 0.05) is 17.2 Å². The van der Waals surface area contributed by atoms with Crippen LogP contribution in [0, 0.1) is 19.8 Å². The average molecular weight is 319 g/mol. The van der Waals surface area contributed by atoms with Gasteiger partial charge in [-0.05, 0) is 55.9 Å². The summed E-state index contributed by atoms with van der Waals surface area (Å²) in [4.78, 5) is 0. The smallest absolute Gasteiger partial charge is 0.124 e. The Kier molecular flexibility index (Phi) is 3.84. The zero-order chi connectivity index (χ0) is 16.7. The minimum Gasteiger partial charge on any atom is -0.494 e. The van der Waals surface area contributed by atoms with Crippen LogP contribution in [0.25, 0.3) is 0 Å². The normalized spacial score (nSPS) is 24.2. The van der Waals surface area contributed by atoms with Crippen LogP contribution in [0.15, 0.2) is 48.6 Å². The standard InChI is InChI=1S/C22H25NO/c1-4-24-19-11-6-5-8-18(19)22-17-10-7-9-16(17)20-14(2)12-13-15(3)21(20)23-22/h5-9,11-13,16-17,22-23H,4,10H2,1-3H3. The average Bonchev–Trinajstić information content (AvgIpc) is 3.08. The number of aryl methyl sites for hydroxylation is 2. The molecule has 24 heavy (non-hydrogen) atoms. The van der Waals surface area contributed by atoms with Gasteiger partial charge in [-0.3, -0.25) is 0 Å².